The molecule has 0 bridgehead atoms. The number of nitriles is 1. The average Bonchev–Trinajstić information content (AvgIpc) is 3.09. The van der Waals surface area contributed by atoms with Crippen molar-refractivity contribution in [2.45, 2.75) is 30.3 Å². The third-order valence-electron chi connectivity index (χ3n) is 5.88. The van der Waals surface area contributed by atoms with Crippen molar-refractivity contribution < 1.29 is 36.2 Å². The Morgan fingerprint density at radius 3 is 2.61 bits per heavy atom. The van der Waals surface area contributed by atoms with E-state index in [1.807, 2.05) is 6.07 Å². The molecule has 1 aliphatic rings. The summed E-state index contributed by atoms with van der Waals surface area (Å²) >= 11 is 6.36. The molecule has 0 radical (unpaired) electrons. The number of nitrogens with zero attached hydrogens (tertiary/aromatic N) is 3. The van der Waals surface area contributed by atoms with Crippen LogP contribution in [0.15, 0.2) is 53.6 Å². The number of benzene rings is 2. The number of fused-ring (bicyclic) bond motifs is 1. The zero-order chi connectivity index (χ0) is 27.7. The molecule has 13 heteroatoms. The van der Waals surface area contributed by atoms with Crippen molar-refractivity contribution in [1.82, 2.24) is 4.98 Å². The summed E-state index contributed by atoms with van der Waals surface area (Å²) in [6.45, 7) is -0.749. The lowest BCUT2D eigenvalue weighted by molar-refractivity contribution is -0.141. The molecule has 198 valence electrons. The van der Waals surface area contributed by atoms with Crippen LogP contribution in [0, 0.1) is 11.3 Å². The lowest BCUT2D eigenvalue weighted by Crippen LogP contribution is -2.32. The highest BCUT2D eigenvalue weighted by atomic mass is 35.5. The van der Waals surface area contributed by atoms with Crippen LogP contribution in [0.2, 0.25) is 5.02 Å². The van der Waals surface area contributed by atoms with E-state index in [-0.39, 0.29) is 28.4 Å². The Kier molecular flexibility index (Phi) is 7.53. The number of hydrogen-bond donors (Lipinski definition) is 1. The number of halogens is 4. The molecule has 0 atom stereocenters. The number of aryl methyl sites for hydroxylation is 1. The topological polar surface area (TPSA) is 121 Å². The first-order chi connectivity index (χ1) is 17.9. The van der Waals surface area contributed by atoms with Crippen molar-refractivity contribution in [2.75, 3.05) is 17.5 Å². The second kappa shape index (κ2) is 10.5. The van der Waals surface area contributed by atoms with Gasteiger partial charge in [0.2, 0.25) is 0 Å². The molecule has 0 spiro atoms. The van der Waals surface area contributed by atoms with Gasteiger partial charge in [0.1, 0.15) is 16.3 Å². The predicted molar refractivity (Wildman–Crippen MR) is 131 cm³/mol. The molecule has 0 amide bonds. The maximum Gasteiger partial charge on any atom is 0.433 e. The van der Waals surface area contributed by atoms with Gasteiger partial charge in [0, 0.05) is 29.9 Å². The third kappa shape index (κ3) is 5.39. The van der Waals surface area contributed by atoms with Gasteiger partial charge < -0.3 is 9.84 Å². The van der Waals surface area contributed by atoms with E-state index < -0.39 is 44.9 Å². The Hall–Kier alpha value is -3.82. The summed E-state index contributed by atoms with van der Waals surface area (Å²) in [4.78, 5) is 14.1. The van der Waals surface area contributed by atoms with E-state index >= 15 is 0 Å². The van der Waals surface area contributed by atoms with Gasteiger partial charge in [0.15, 0.2) is 6.61 Å². The first-order valence-electron chi connectivity index (χ1n) is 11.2. The second-order valence-corrected chi connectivity index (χ2v) is 10.6. The third-order valence-corrected chi connectivity index (χ3v) is 8.02. The number of anilines is 1. The van der Waals surface area contributed by atoms with E-state index in [4.69, 9.17) is 21.4 Å². The minimum atomic E-state index is -4.81. The van der Waals surface area contributed by atoms with E-state index in [1.54, 1.807) is 24.3 Å². The summed E-state index contributed by atoms with van der Waals surface area (Å²) in [6, 6.07) is 11.3. The van der Waals surface area contributed by atoms with Gasteiger partial charge in [0.25, 0.3) is 10.0 Å². The maximum absolute atomic E-state index is 14.0. The van der Waals surface area contributed by atoms with Crippen LogP contribution in [-0.2, 0) is 27.4 Å². The SMILES string of the molecule is N#Cc1cc(C(F)(F)F)ncc1-c1cc(S(=O)(=O)N2CCCCc3ccccc32)c(OCC(=O)O)cc1Cl. The summed E-state index contributed by atoms with van der Waals surface area (Å²) < 4.78 is 74.0. The number of carboxylic acids is 1. The number of sulfonamides is 1. The van der Waals surface area contributed by atoms with Crippen molar-refractivity contribution in [3.8, 4) is 22.9 Å². The van der Waals surface area contributed by atoms with Crippen LogP contribution in [-0.4, -0.2) is 37.6 Å². The molecule has 2 aromatic carbocycles. The second-order valence-electron chi connectivity index (χ2n) is 8.35. The van der Waals surface area contributed by atoms with E-state index in [1.165, 1.54) is 4.31 Å². The van der Waals surface area contributed by atoms with E-state index in [0.29, 0.717) is 24.6 Å². The van der Waals surface area contributed by atoms with E-state index in [2.05, 4.69) is 4.98 Å². The van der Waals surface area contributed by atoms with Gasteiger partial charge in [-0.15, -0.1) is 0 Å². The molecule has 4 rings (SSSR count). The minimum absolute atomic E-state index is 0.0891. The van der Waals surface area contributed by atoms with Crippen LogP contribution in [0.3, 0.4) is 0 Å². The molecule has 0 fully saturated rings. The zero-order valence-electron chi connectivity index (χ0n) is 19.5. The predicted octanol–water partition coefficient (Wildman–Crippen LogP) is 5.29. The number of carboxylic acid groups (broad SMARTS) is 1. The first kappa shape index (κ1) is 27.2. The molecule has 1 aliphatic heterocycles. The van der Waals surface area contributed by atoms with Crippen LogP contribution >= 0.6 is 11.6 Å². The quantitative estimate of drug-likeness (QED) is 0.431. The minimum Gasteiger partial charge on any atom is -0.480 e. The van der Waals surface area contributed by atoms with Crippen LogP contribution in [0.4, 0.5) is 18.9 Å². The normalized spacial score (nSPS) is 13.8. The Labute approximate surface area is 220 Å². The number of carbonyl (C=O) groups is 1. The Bertz CT molecular complexity index is 1550. The lowest BCUT2D eigenvalue weighted by atomic mass is 10.0. The molecule has 2 heterocycles. The fraction of sp³-hybridized carbons (Fsp3) is 0.240. The van der Waals surface area contributed by atoms with Crippen LogP contribution < -0.4 is 9.04 Å². The van der Waals surface area contributed by atoms with Gasteiger partial charge in [0.05, 0.1) is 22.3 Å². The van der Waals surface area contributed by atoms with Gasteiger partial charge in [-0.3, -0.25) is 9.29 Å². The molecule has 0 unspecified atom stereocenters. The fourth-order valence-electron chi connectivity index (χ4n) is 4.14. The number of rotatable bonds is 6. The smallest absolute Gasteiger partial charge is 0.433 e. The number of alkyl halides is 3. The summed E-state index contributed by atoms with van der Waals surface area (Å²) in [5.74, 6) is -1.73. The van der Waals surface area contributed by atoms with Crippen LogP contribution in [0.25, 0.3) is 11.1 Å². The number of hydrogen-bond acceptors (Lipinski definition) is 6. The highest BCUT2D eigenvalue weighted by Crippen LogP contribution is 2.41. The zero-order valence-corrected chi connectivity index (χ0v) is 21.1. The van der Waals surface area contributed by atoms with Gasteiger partial charge in [-0.2, -0.15) is 18.4 Å². The molecule has 1 aromatic heterocycles. The first-order valence-corrected chi connectivity index (χ1v) is 13.0. The molecule has 0 aliphatic carbocycles. The average molecular weight is 566 g/mol. The summed E-state index contributed by atoms with van der Waals surface area (Å²) in [5, 5.41) is 18.4. The van der Waals surface area contributed by atoms with Crippen LogP contribution in [0.1, 0.15) is 29.7 Å². The molecule has 0 saturated carbocycles. The number of ether oxygens (including phenoxy) is 1. The molecular formula is C25H19ClF3N3O5S. The Balaban J connectivity index is 1.93. The summed E-state index contributed by atoms with van der Waals surface area (Å²) in [6.07, 6.45) is -2.09. The number of aromatic nitrogens is 1. The molecule has 38 heavy (non-hydrogen) atoms. The van der Waals surface area contributed by atoms with Gasteiger partial charge >= 0.3 is 12.1 Å². The molecule has 0 saturated heterocycles. The fourth-order valence-corrected chi connectivity index (χ4v) is 6.08. The number of aliphatic carboxylic acids is 1. The Morgan fingerprint density at radius 2 is 1.92 bits per heavy atom. The highest BCUT2D eigenvalue weighted by Gasteiger charge is 2.35. The summed E-state index contributed by atoms with van der Waals surface area (Å²) in [5.41, 5.74) is -0.716. The summed E-state index contributed by atoms with van der Waals surface area (Å²) in [7, 11) is -4.40. The van der Waals surface area contributed by atoms with E-state index in [9.17, 15) is 31.6 Å². The van der Waals surface area contributed by atoms with Gasteiger partial charge in [-0.05, 0) is 43.0 Å². The molecular weight excluding hydrogens is 547 g/mol. The largest absolute Gasteiger partial charge is 0.480 e. The van der Waals surface area contributed by atoms with Crippen LogP contribution in [0.5, 0.6) is 5.75 Å². The maximum atomic E-state index is 14.0. The Morgan fingerprint density at radius 1 is 1.18 bits per heavy atom. The van der Waals surface area contributed by atoms with Crippen molar-refractivity contribution in [3.63, 3.8) is 0 Å². The highest BCUT2D eigenvalue weighted by molar-refractivity contribution is 7.93. The monoisotopic (exact) mass is 565 g/mol. The molecule has 8 nitrogen and oxygen atoms in total. The number of pyridine rings is 1. The van der Waals surface area contributed by atoms with Crippen molar-refractivity contribution in [2.24, 2.45) is 0 Å². The van der Waals surface area contributed by atoms with Gasteiger partial charge in [-0.25, -0.2) is 13.2 Å². The molecule has 3 aromatic rings. The van der Waals surface area contributed by atoms with Gasteiger partial charge in [-0.1, -0.05) is 29.8 Å². The number of para-hydroxylation sites is 1. The van der Waals surface area contributed by atoms with E-state index in [0.717, 1.165) is 30.3 Å². The standard InChI is InChI=1S/C25H19ClF3N3O5S/c26-19-11-21(37-14-24(33)34)22(10-17(19)18-13-31-23(25(27,28)29)9-16(18)12-30)38(35,36)32-8-4-3-6-15-5-1-2-7-20(15)32/h1-2,5,7,9-11,13H,3-4,6,8,14H2,(H,33,34). The lowest BCUT2D eigenvalue weighted by Gasteiger charge is -2.26. The van der Waals surface area contributed by atoms with Crippen molar-refractivity contribution in [3.05, 3.63) is 70.5 Å². The van der Waals surface area contributed by atoms with Crippen molar-refractivity contribution in [1.29, 1.82) is 5.26 Å². The molecule has 1 N–H and O–H groups in total. The van der Waals surface area contributed by atoms with Crippen molar-refractivity contribution >= 4 is 33.3 Å².